The van der Waals surface area contributed by atoms with Crippen molar-refractivity contribution < 1.29 is 17.7 Å². The van der Waals surface area contributed by atoms with E-state index in [0.717, 1.165) is 67.6 Å². The summed E-state index contributed by atoms with van der Waals surface area (Å²) in [5.74, 6) is 0. The zero-order valence-corrected chi connectivity index (χ0v) is 24.0. The van der Waals surface area contributed by atoms with Crippen molar-refractivity contribution >= 4 is 23.1 Å². The van der Waals surface area contributed by atoms with Crippen LogP contribution in [0, 0.1) is 0 Å². The van der Waals surface area contributed by atoms with Crippen LogP contribution in [0.25, 0.3) is 0 Å². The second kappa shape index (κ2) is 12.5. The molecule has 4 rings (SSSR count). The molecule has 0 radical (unpaired) electrons. The van der Waals surface area contributed by atoms with E-state index in [1.807, 2.05) is 18.2 Å². The Labute approximate surface area is 230 Å². The van der Waals surface area contributed by atoms with Gasteiger partial charge in [0.2, 0.25) is 0 Å². The van der Waals surface area contributed by atoms with E-state index in [0.29, 0.717) is 12.2 Å². The van der Waals surface area contributed by atoms with E-state index in [4.69, 9.17) is 0 Å². The van der Waals surface area contributed by atoms with Crippen LogP contribution in [0.4, 0.5) is 24.5 Å². The summed E-state index contributed by atoms with van der Waals surface area (Å²) < 4.78 is 41.7. The molecule has 0 N–H and O–H groups in total. The van der Waals surface area contributed by atoms with Crippen LogP contribution >= 0.6 is 11.8 Å². The van der Waals surface area contributed by atoms with Crippen molar-refractivity contribution in [2.24, 2.45) is 0 Å². The van der Waals surface area contributed by atoms with Crippen molar-refractivity contribution in [1.82, 2.24) is 9.80 Å². The van der Waals surface area contributed by atoms with Crippen LogP contribution in [-0.2, 0) is 6.18 Å². The van der Waals surface area contributed by atoms with Gasteiger partial charge in [0.25, 0.3) is 0 Å². The number of fused-ring (bicyclic) bond motifs is 2. The molecule has 2 aliphatic heterocycles. The third-order valence-electron chi connectivity index (χ3n) is 8.09. The van der Waals surface area contributed by atoms with E-state index in [1.165, 1.54) is 35.3 Å². The molecule has 2 heterocycles. The number of rotatable bonds is 10. The average Bonchev–Trinajstić information content (AvgIpc) is 2.90. The van der Waals surface area contributed by atoms with Crippen molar-refractivity contribution in [1.29, 1.82) is 0 Å². The molecule has 0 bridgehead atoms. The molecule has 38 heavy (non-hydrogen) atoms. The Hall–Kier alpha value is -2.00. The number of anilines is 2. The molecule has 8 heteroatoms. The van der Waals surface area contributed by atoms with Crippen molar-refractivity contribution in [2.45, 2.75) is 42.7 Å². The number of nitrogens with zero attached hydrogens (tertiary/aromatic N) is 4. The summed E-state index contributed by atoms with van der Waals surface area (Å²) in [5.41, 5.74) is 2.54. The zero-order valence-electron chi connectivity index (χ0n) is 23.2. The second-order valence-electron chi connectivity index (χ2n) is 11.0. The van der Waals surface area contributed by atoms with Crippen LogP contribution < -0.4 is 4.90 Å². The molecule has 2 aromatic carbocycles. The third kappa shape index (κ3) is 7.14. The maximum absolute atomic E-state index is 13.5. The van der Waals surface area contributed by atoms with Gasteiger partial charge in [-0.05, 0) is 64.7 Å². The van der Waals surface area contributed by atoms with Gasteiger partial charge < -0.3 is 14.3 Å². The lowest BCUT2D eigenvalue weighted by Crippen LogP contribution is -2.61. The SMILES string of the molecule is C/C=C(/C)CC[N+]1(CCN(C)C)CCN(CCCN2c3ccccc3Sc3ccc(C(F)(F)F)cc32)CC1. The molecule has 0 aliphatic carbocycles. The predicted molar refractivity (Wildman–Crippen MR) is 152 cm³/mol. The summed E-state index contributed by atoms with van der Waals surface area (Å²) >= 11 is 1.55. The second-order valence-corrected chi connectivity index (χ2v) is 12.1. The van der Waals surface area contributed by atoms with Gasteiger partial charge in [-0.1, -0.05) is 35.5 Å². The van der Waals surface area contributed by atoms with E-state index in [9.17, 15) is 13.2 Å². The fraction of sp³-hybridized carbons (Fsp3) is 0.533. The summed E-state index contributed by atoms with van der Waals surface area (Å²) in [5, 5.41) is 0. The largest absolute Gasteiger partial charge is 0.416 e. The number of benzene rings is 2. The molecule has 0 aromatic heterocycles. The number of allylic oxidation sites excluding steroid dienone is 1. The minimum atomic E-state index is -4.35. The van der Waals surface area contributed by atoms with E-state index < -0.39 is 11.7 Å². The van der Waals surface area contributed by atoms with Gasteiger partial charge in [0.1, 0.15) is 0 Å². The number of halogens is 3. The van der Waals surface area contributed by atoms with Gasteiger partial charge in [-0.15, -0.1) is 0 Å². The topological polar surface area (TPSA) is 9.72 Å². The molecular weight excluding hydrogens is 505 g/mol. The normalized spacial score (nSPS) is 18.0. The molecule has 0 amide bonds. The molecule has 2 aliphatic rings. The van der Waals surface area contributed by atoms with Crippen LogP contribution in [0.3, 0.4) is 0 Å². The van der Waals surface area contributed by atoms with Gasteiger partial charge in [-0.3, -0.25) is 4.90 Å². The fourth-order valence-electron chi connectivity index (χ4n) is 5.38. The van der Waals surface area contributed by atoms with Gasteiger partial charge in [0.15, 0.2) is 0 Å². The van der Waals surface area contributed by atoms with Crippen LogP contribution in [0.1, 0.15) is 32.3 Å². The number of para-hydroxylation sites is 1. The lowest BCUT2D eigenvalue weighted by molar-refractivity contribution is -0.931. The monoisotopic (exact) mass is 547 g/mol. The standard InChI is InChI=1S/C30H42F3N4S/c1-5-24(2)13-19-37(20-16-34(3)4)21-17-35(18-22-37)14-8-15-36-26-9-6-7-10-28(26)38-29-12-11-25(23-27(29)36)30(31,32)33/h5-7,9-12,23H,8,13-22H2,1-4H3/q+1/b24-5-. The molecule has 0 unspecified atom stereocenters. The van der Waals surface area contributed by atoms with Crippen LogP contribution in [-0.4, -0.2) is 87.3 Å². The average molecular weight is 548 g/mol. The molecule has 2 aromatic rings. The predicted octanol–water partition coefficient (Wildman–Crippen LogP) is 6.75. The van der Waals surface area contributed by atoms with Crippen molar-refractivity contribution in [2.75, 3.05) is 77.9 Å². The van der Waals surface area contributed by atoms with Crippen molar-refractivity contribution in [3.8, 4) is 0 Å². The molecule has 0 spiro atoms. The maximum atomic E-state index is 13.5. The Kier molecular flexibility index (Phi) is 9.50. The highest BCUT2D eigenvalue weighted by atomic mass is 32.2. The van der Waals surface area contributed by atoms with Crippen LogP contribution in [0.5, 0.6) is 0 Å². The molecule has 0 saturated carbocycles. The van der Waals surface area contributed by atoms with Gasteiger partial charge in [-0.25, -0.2) is 0 Å². The van der Waals surface area contributed by atoms with E-state index >= 15 is 0 Å². The summed E-state index contributed by atoms with van der Waals surface area (Å²) in [7, 11) is 4.30. The minimum absolute atomic E-state index is 0.586. The van der Waals surface area contributed by atoms with Gasteiger partial charge in [0, 0.05) is 48.9 Å². The molecular formula is C30H42F3N4S+. The Morgan fingerprint density at radius 3 is 2.39 bits per heavy atom. The Morgan fingerprint density at radius 2 is 1.71 bits per heavy atom. The van der Waals surface area contributed by atoms with E-state index in [-0.39, 0.29) is 0 Å². The molecule has 4 nitrogen and oxygen atoms in total. The van der Waals surface area contributed by atoms with Gasteiger partial charge >= 0.3 is 6.18 Å². The molecule has 208 valence electrons. The van der Waals surface area contributed by atoms with Crippen molar-refractivity contribution in [3.05, 3.63) is 59.7 Å². The number of likely N-dealkylation sites (N-methyl/N-ethyl adjacent to an activating group) is 1. The molecule has 1 saturated heterocycles. The first kappa shape index (κ1) is 29.0. The minimum Gasteiger partial charge on any atom is -0.340 e. The van der Waals surface area contributed by atoms with Crippen LogP contribution in [0.2, 0.25) is 0 Å². The number of quaternary nitrogens is 1. The smallest absolute Gasteiger partial charge is 0.340 e. The third-order valence-corrected chi connectivity index (χ3v) is 9.22. The molecule has 0 atom stereocenters. The first-order valence-corrected chi connectivity index (χ1v) is 14.5. The highest BCUT2D eigenvalue weighted by Gasteiger charge is 2.34. The number of piperazine rings is 1. The highest BCUT2D eigenvalue weighted by Crippen LogP contribution is 2.49. The van der Waals surface area contributed by atoms with Crippen molar-refractivity contribution in [3.63, 3.8) is 0 Å². The van der Waals surface area contributed by atoms with Gasteiger partial charge in [-0.2, -0.15) is 13.2 Å². The summed E-state index contributed by atoms with van der Waals surface area (Å²) in [4.78, 5) is 8.90. The zero-order chi connectivity index (χ0) is 27.3. The Morgan fingerprint density at radius 1 is 1.00 bits per heavy atom. The first-order valence-electron chi connectivity index (χ1n) is 13.7. The lowest BCUT2D eigenvalue weighted by atomic mass is 10.1. The van der Waals surface area contributed by atoms with E-state index in [1.54, 1.807) is 17.8 Å². The Balaban J connectivity index is 1.40. The maximum Gasteiger partial charge on any atom is 0.416 e. The number of hydrogen-bond acceptors (Lipinski definition) is 4. The Bertz CT molecular complexity index is 1110. The summed E-state index contributed by atoms with van der Waals surface area (Å²) in [6.45, 7) is 13.9. The quantitative estimate of drug-likeness (QED) is 0.240. The summed E-state index contributed by atoms with van der Waals surface area (Å²) in [6.07, 6.45) is -0.0651. The molecule has 1 fully saturated rings. The highest BCUT2D eigenvalue weighted by molar-refractivity contribution is 7.99. The van der Waals surface area contributed by atoms with E-state index in [2.05, 4.69) is 54.8 Å². The lowest BCUT2D eigenvalue weighted by Gasteiger charge is -2.46. The number of alkyl halides is 3. The first-order chi connectivity index (χ1) is 18.1. The van der Waals surface area contributed by atoms with Crippen LogP contribution in [0.15, 0.2) is 63.9 Å². The fourth-order valence-corrected chi connectivity index (χ4v) is 6.46. The number of hydrogen-bond donors (Lipinski definition) is 0. The summed E-state index contributed by atoms with van der Waals surface area (Å²) in [6, 6.07) is 12.2. The van der Waals surface area contributed by atoms with Gasteiger partial charge in [0.05, 0.1) is 43.1 Å².